The average molecular weight is 244 g/mol. The lowest BCUT2D eigenvalue weighted by atomic mass is 10.2. The first-order valence-corrected chi connectivity index (χ1v) is 6.18. The van der Waals surface area contributed by atoms with Gasteiger partial charge in [0.25, 0.3) is 0 Å². The van der Waals surface area contributed by atoms with E-state index in [4.69, 9.17) is 15.2 Å². The zero-order chi connectivity index (χ0) is 12.4. The first-order chi connectivity index (χ1) is 8.84. The fourth-order valence-electron chi connectivity index (χ4n) is 1.89. The van der Waals surface area contributed by atoms with Gasteiger partial charge in [0.05, 0.1) is 6.61 Å². The number of anilines is 1. The number of nitrogen functional groups attached to an aromatic ring is 1. The second-order valence-corrected chi connectivity index (χ2v) is 4.63. The third kappa shape index (κ3) is 2.38. The number of nitrogens with two attached hydrogens (primary N) is 1. The average Bonchev–Trinajstić information content (AvgIpc) is 3.21. The molecule has 0 atom stereocenters. The molecule has 4 heteroatoms. The summed E-state index contributed by atoms with van der Waals surface area (Å²) in [6.07, 6.45) is 4.30. The zero-order valence-corrected chi connectivity index (χ0v) is 10.1. The molecule has 1 fully saturated rings. The lowest BCUT2D eigenvalue weighted by Crippen LogP contribution is -2.06. The third-order valence-electron chi connectivity index (χ3n) is 3.11. The highest BCUT2D eigenvalue weighted by Crippen LogP contribution is 2.30. The van der Waals surface area contributed by atoms with Crippen LogP contribution in [-0.2, 0) is 4.74 Å². The minimum atomic E-state index is 0.270. The van der Waals surface area contributed by atoms with Crippen molar-refractivity contribution < 1.29 is 9.47 Å². The number of hydrogen-bond donors (Lipinski definition) is 1. The van der Waals surface area contributed by atoms with E-state index in [1.165, 1.54) is 12.8 Å². The molecule has 0 bridgehead atoms. The number of ether oxygens (including phenoxy) is 2. The van der Waals surface area contributed by atoms with Gasteiger partial charge in [-0.1, -0.05) is 0 Å². The van der Waals surface area contributed by atoms with Gasteiger partial charge in [-0.05, 0) is 43.0 Å². The van der Waals surface area contributed by atoms with E-state index < -0.39 is 0 Å². The monoisotopic (exact) mass is 244 g/mol. The Bertz CT molecular complexity index is 552. The van der Waals surface area contributed by atoms with Crippen LogP contribution < -0.4 is 10.5 Å². The van der Waals surface area contributed by atoms with E-state index in [2.05, 4.69) is 4.98 Å². The first kappa shape index (κ1) is 11.3. The van der Waals surface area contributed by atoms with E-state index in [1.807, 2.05) is 24.3 Å². The molecule has 1 saturated carbocycles. The van der Waals surface area contributed by atoms with Gasteiger partial charge in [-0.3, -0.25) is 4.98 Å². The van der Waals surface area contributed by atoms with Gasteiger partial charge in [0.1, 0.15) is 11.3 Å². The lowest BCUT2D eigenvalue weighted by molar-refractivity contribution is 0.0107. The van der Waals surface area contributed by atoms with Crippen molar-refractivity contribution >= 4 is 16.6 Å². The van der Waals surface area contributed by atoms with Gasteiger partial charge in [-0.25, -0.2) is 0 Å². The summed E-state index contributed by atoms with van der Waals surface area (Å²) >= 11 is 0. The molecular weight excluding hydrogens is 228 g/mol. The molecular formula is C14H16N2O2. The van der Waals surface area contributed by atoms with E-state index in [9.17, 15) is 0 Å². The van der Waals surface area contributed by atoms with Crippen LogP contribution in [0.4, 0.5) is 5.69 Å². The molecule has 0 spiro atoms. The van der Waals surface area contributed by atoms with Crippen LogP contribution >= 0.6 is 0 Å². The van der Waals surface area contributed by atoms with Crippen molar-refractivity contribution in [2.24, 2.45) is 5.92 Å². The second-order valence-electron chi connectivity index (χ2n) is 4.63. The maximum Gasteiger partial charge on any atom is 0.189 e. The molecule has 1 aliphatic rings. The quantitative estimate of drug-likeness (QED) is 0.499. The Kier molecular flexibility index (Phi) is 3.02. The Morgan fingerprint density at radius 3 is 3.00 bits per heavy atom. The molecule has 4 nitrogen and oxygen atoms in total. The molecule has 1 aromatic heterocycles. The number of pyridine rings is 1. The molecule has 0 amide bonds. The van der Waals surface area contributed by atoms with E-state index in [0.29, 0.717) is 5.69 Å². The highest BCUT2D eigenvalue weighted by Gasteiger charge is 2.21. The smallest absolute Gasteiger partial charge is 0.189 e. The summed E-state index contributed by atoms with van der Waals surface area (Å²) in [5.41, 5.74) is 7.40. The highest BCUT2D eigenvalue weighted by molar-refractivity contribution is 5.94. The van der Waals surface area contributed by atoms with Crippen molar-refractivity contribution in [2.45, 2.75) is 12.8 Å². The standard InChI is InChI=1S/C14H16N2O2/c15-12-5-6-13(14-11(12)2-1-7-16-14)18-9-17-8-10-3-4-10/h1-2,5-7,10H,3-4,8-9,15H2. The van der Waals surface area contributed by atoms with Crippen molar-refractivity contribution in [3.05, 3.63) is 30.5 Å². The van der Waals surface area contributed by atoms with Crippen molar-refractivity contribution in [1.82, 2.24) is 4.98 Å². The molecule has 1 aromatic carbocycles. The largest absolute Gasteiger partial charge is 0.465 e. The van der Waals surface area contributed by atoms with Crippen LogP contribution in [0.1, 0.15) is 12.8 Å². The van der Waals surface area contributed by atoms with Gasteiger partial charge in [-0.2, -0.15) is 0 Å². The van der Waals surface area contributed by atoms with Crippen molar-refractivity contribution in [3.63, 3.8) is 0 Å². The molecule has 0 saturated heterocycles. The molecule has 2 N–H and O–H groups in total. The fourth-order valence-corrected chi connectivity index (χ4v) is 1.89. The topological polar surface area (TPSA) is 57.4 Å². The number of aromatic nitrogens is 1. The normalized spacial score (nSPS) is 14.9. The lowest BCUT2D eigenvalue weighted by Gasteiger charge is -2.10. The van der Waals surface area contributed by atoms with Crippen molar-refractivity contribution in [3.8, 4) is 5.75 Å². The molecule has 1 heterocycles. The van der Waals surface area contributed by atoms with Crippen LogP contribution in [0.25, 0.3) is 10.9 Å². The van der Waals surface area contributed by atoms with Crippen LogP contribution in [-0.4, -0.2) is 18.4 Å². The summed E-state index contributed by atoms with van der Waals surface area (Å²) < 4.78 is 11.1. The van der Waals surface area contributed by atoms with E-state index in [0.717, 1.165) is 29.2 Å². The van der Waals surface area contributed by atoms with E-state index >= 15 is 0 Å². The second kappa shape index (κ2) is 4.82. The number of hydrogen-bond acceptors (Lipinski definition) is 4. The SMILES string of the molecule is Nc1ccc(OCOCC2CC2)c2ncccc12. The third-order valence-corrected chi connectivity index (χ3v) is 3.11. The van der Waals surface area contributed by atoms with Gasteiger partial charge < -0.3 is 15.2 Å². The Hall–Kier alpha value is -1.81. The maximum absolute atomic E-state index is 5.90. The summed E-state index contributed by atoms with van der Waals surface area (Å²) in [5.74, 6) is 1.46. The van der Waals surface area contributed by atoms with Gasteiger partial charge in [-0.15, -0.1) is 0 Å². The summed E-state index contributed by atoms with van der Waals surface area (Å²) in [5, 5.41) is 0.914. The van der Waals surface area contributed by atoms with E-state index in [-0.39, 0.29) is 6.79 Å². The van der Waals surface area contributed by atoms with Crippen LogP contribution in [0.5, 0.6) is 5.75 Å². The molecule has 0 radical (unpaired) electrons. The molecule has 94 valence electrons. The van der Waals surface area contributed by atoms with Gasteiger partial charge in [0.15, 0.2) is 6.79 Å². The number of fused-ring (bicyclic) bond motifs is 1. The summed E-state index contributed by atoms with van der Waals surface area (Å²) in [6, 6.07) is 7.48. The Labute approximate surface area is 106 Å². The predicted octanol–water partition coefficient (Wildman–Crippen LogP) is 2.58. The maximum atomic E-state index is 5.90. The summed E-state index contributed by atoms with van der Waals surface area (Å²) in [6.45, 7) is 1.06. The minimum absolute atomic E-state index is 0.270. The Balaban J connectivity index is 1.72. The zero-order valence-electron chi connectivity index (χ0n) is 10.1. The number of rotatable bonds is 5. The van der Waals surface area contributed by atoms with Crippen LogP contribution in [0.2, 0.25) is 0 Å². The number of nitrogens with zero attached hydrogens (tertiary/aromatic N) is 1. The van der Waals surface area contributed by atoms with Gasteiger partial charge >= 0.3 is 0 Å². The molecule has 0 unspecified atom stereocenters. The van der Waals surface area contributed by atoms with Gasteiger partial charge in [0.2, 0.25) is 0 Å². The molecule has 18 heavy (non-hydrogen) atoms. The molecule has 1 aliphatic carbocycles. The molecule has 2 aromatic rings. The fraction of sp³-hybridized carbons (Fsp3) is 0.357. The Morgan fingerprint density at radius 1 is 1.28 bits per heavy atom. The van der Waals surface area contributed by atoms with Crippen LogP contribution in [0.15, 0.2) is 30.5 Å². The first-order valence-electron chi connectivity index (χ1n) is 6.18. The highest BCUT2D eigenvalue weighted by atomic mass is 16.7. The van der Waals surface area contributed by atoms with Gasteiger partial charge in [0, 0.05) is 17.3 Å². The predicted molar refractivity (Wildman–Crippen MR) is 70.3 cm³/mol. The van der Waals surface area contributed by atoms with Crippen LogP contribution in [0, 0.1) is 5.92 Å². The summed E-state index contributed by atoms with van der Waals surface area (Å²) in [4.78, 5) is 4.31. The minimum Gasteiger partial charge on any atom is -0.465 e. The van der Waals surface area contributed by atoms with Crippen molar-refractivity contribution in [1.29, 1.82) is 0 Å². The molecule has 3 rings (SSSR count). The number of benzene rings is 1. The Morgan fingerprint density at radius 2 is 2.17 bits per heavy atom. The van der Waals surface area contributed by atoms with E-state index in [1.54, 1.807) is 6.20 Å². The summed E-state index contributed by atoms with van der Waals surface area (Å²) in [7, 11) is 0. The van der Waals surface area contributed by atoms with Crippen LogP contribution in [0.3, 0.4) is 0 Å². The van der Waals surface area contributed by atoms with Crippen molar-refractivity contribution in [2.75, 3.05) is 19.1 Å². The molecule has 0 aliphatic heterocycles.